The summed E-state index contributed by atoms with van der Waals surface area (Å²) >= 11 is 0. The molecule has 0 bridgehead atoms. The minimum absolute atomic E-state index is 0.150. The van der Waals surface area contributed by atoms with E-state index in [0.29, 0.717) is 6.42 Å². The summed E-state index contributed by atoms with van der Waals surface area (Å²) in [5.74, 6) is 0.150. The van der Waals surface area contributed by atoms with Gasteiger partial charge in [-0.15, -0.1) is 0 Å². The highest BCUT2D eigenvalue weighted by Crippen LogP contribution is 2.22. The molecule has 0 saturated carbocycles. The Morgan fingerprint density at radius 3 is 3.00 bits per heavy atom. The molecule has 2 heteroatoms. The van der Waals surface area contributed by atoms with Crippen molar-refractivity contribution in [2.45, 2.75) is 18.9 Å². The molecule has 1 aliphatic heterocycles. The summed E-state index contributed by atoms with van der Waals surface area (Å²) in [4.78, 5) is 10.9. The molecule has 2 rings (SSSR count). The molecule has 1 heterocycles. The normalized spacial score (nSPS) is 22.3. The highest BCUT2D eigenvalue weighted by molar-refractivity contribution is 5.78. The van der Waals surface area contributed by atoms with Crippen LogP contribution in [0.3, 0.4) is 0 Å². The van der Waals surface area contributed by atoms with Crippen molar-refractivity contribution in [3.8, 4) is 0 Å². The number of amides is 1. The predicted octanol–water partition coefficient (Wildman–Crippen LogP) is 1.44. The Hall–Kier alpha value is -1.31. The second-order valence-corrected chi connectivity index (χ2v) is 2.98. The summed E-state index contributed by atoms with van der Waals surface area (Å²) in [6, 6.07) is 11.1. The molecule has 1 unspecified atom stereocenters. The molecule has 2 nitrogen and oxygen atoms in total. The summed E-state index contributed by atoms with van der Waals surface area (Å²) in [5, 5.41) is 2.90. The van der Waals surface area contributed by atoms with E-state index in [9.17, 15) is 4.79 Å². The second-order valence-electron chi connectivity index (χ2n) is 2.98. The van der Waals surface area contributed by atoms with Crippen LogP contribution in [-0.4, -0.2) is 5.91 Å². The lowest BCUT2D eigenvalue weighted by Gasteiger charge is -2.08. The second kappa shape index (κ2) is 2.97. The summed E-state index contributed by atoms with van der Waals surface area (Å²) in [5.41, 5.74) is 1.09. The van der Waals surface area contributed by atoms with Crippen LogP contribution >= 0.6 is 0 Å². The van der Waals surface area contributed by atoms with Crippen molar-refractivity contribution >= 4 is 5.91 Å². The van der Waals surface area contributed by atoms with Gasteiger partial charge in [-0.3, -0.25) is 4.79 Å². The van der Waals surface area contributed by atoms with Crippen LogP contribution in [0.2, 0.25) is 0 Å². The molecule has 1 saturated heterocycles. The molecule has 12 heavy (non-hydrogen) atoms. The van der Waals surface area contributed by atoms with Gasteiger partial charge in [0, 0.05) is 6.42 Å². The van der Waals surface area contributed by atoms with E-state index in [-0.39, 0.29) is 11.9 Å². The SMILES string of the molecule is O=C1CCC(c2[c]cccc2)N1. The fourth-order valence-electron chi connectivity index (χ4n) is 1.47. The lowest BCUT2D eigenvalue weighted by atomic mass is 10.1. The molecule has 1 amide bonds. The highest BCUT2D eigenvalue weighted by atomic mass is 16.1. The molecule has 1 aliphatic rings. The molecule has 0 aliphatic carbocycles. The van der Waals surface area contributed by atoms with E-state index < -0.39 is 0 Å². The molecular weight excluding hydrogens is 150 g/mol. The van der Waals surface area contributed by atoms with E-state index in [0.717, 1.165) is 12.0 Å². The van der Waals surface area contributed by atoms with Crippen LogP contribution in [0.15, 0.2) is 24.3 Å². The third-order valence-corrected chi connectivity index (χ3v) is 2.10. The number of carbonyl (C=O) groups excluding carboxylic acids is 1. The van der Waals surface area contributed by atoms with Crippen LogP contribution in [-0.2, 0) is 4.79 Å². The van der Waals surface area contributed by atoms with Gasteiger partial charge in [0.1, 0.15) is 0 Å². The maximum absolute atomic E-state index is 10.9. The van der Waals surface area contributed by atoms with Crippen molar-refractivity contribution in [3.63, 3.8) is 0 Å². The molecule has 1 aromatic rings. The molecule has 1 aromatic carbocycles. The van der Waals surface area contributed by atoms with Crippen molar-refractivity contribution in [1.82, 2.24) is 5.32 Å². The summed E-state index contributed by atoms with van der Waals surface area (Å²) in [7, 11) is 0. The number of benzene rings is 1. The molecule has 0 aromatic heterocycles. The standard InChI is InChI=1S/C10H10NO/c12-10-7-6-9(11-10)8-4-2-1-3-5-8/h1-4,9H,6-7H2,(H,11,12). The summed E-state index contributed by atoms with van der Waals surface area (Å²) in [6.45, 7) is 0. The molecule has 1 fully saturated rings. The topological polar surface area (TPSA) is 29.1 Å². The lowest BCUT2D eigenvalue weighted by molar-refractivity contribution is -0.119. The number of hydrogen-bond acceptors (Lipinski definition) is 1. The van der Waals surface area contributed by atoms with E-state index in [1.807, 2.05) is 24.3 Å². The van der Waals surface area contributed by atoms with Crippen molar-refractivity contribution in [1.29, 1.82) is 0 Å². The summed E-state index contributed by atoms with van der Waals surface area (Å²) in [6.07, 6.45) is 1.55. The van der Waals surface area contributed by atoms with Gasteiger partial charge >= 0.3 is 0 Å². The predicted molar refractivity (Wildman–Crippen MR) is 45.4 cm³/mol. The molecule has 1 atom stereocenters. The number of rotatable bonds is 1. The fraction of sp³-hybridized carbons (Fsp3) is 0.300. The maximum Gasteiger partial charge on any atom is 0.220 e. The Labute approximate surface area is 71.6 Å². The van der Waals surface area contributed by atoms with Gasteiger partial charge in [0.25, 0.3) is 0 Å². The molecule has 61 valence electrons. The van der Waals surface area contributed by atoms with Crippen LogP contribution in [0.25, 0.3) is 0 Å². The maximum atomic E-state index is 10.9. The van der Waals surface area contributed by atoms with Crippen LogP contribution in [0.4, 0.5) is 0 Å². The average molecular weight is 160 g/mol. The van der Waals surface area contributed by atoms with Crippen LogP contribution in [0, 0.1) is 6.07 Å². The van der Waals surface area contributed by atoms with Gasteiger partial charge in [0.05, 0.1) is 6.04 Å². The van der Waals surface area contributed by atoms with E-state index in [1.54, 1.807) is 0 Å². The zero-order valence-corrected chi connectivity index (χ0v) is 6.71. The number of nitrogens with one attached hydrogen (secondary N) is 1. The monoisotopic (exact) mass is 160 g/mol. The van der Waals surface area contributed by atoms with Crippen molar-refractivity contribution < 1.29 is 4.79 Å². The van der Waals surface area contributed by atoms with Gasteiger partial charge in [-0.25, -0.2) is 0 Å². The molecular formula is C10H10NO. The Kier molecular flexibility index (Phi) is 1.82. The van der Waals surface area contributed by atoms with Crippen molar-refractivity contribution in [2.75, 3.05) is 0 Å². The number of hydrogen-bond donors (Lipinski definition) is 1. The molecule has 1 radical (unpaired) electrons. The van der Waals surface area contributed by atoms with Gasteiger partial charge in [-0.05, 0) is 18.1 Å². The first kappa shape index (κ1) is 7.35. The van der Waals surface area contributed by atoms with Crippen molar-refractivity contribution in [2.24, 2.45) is 0 Å². The van der Waals surface area contributed by atoms with Gasteiger partial charge in [0.15, 0.2) is 0 Å². The van der Waals surface area contributed by atoms with Gasteiger partial charge in [-0.1, -0.05) is 24.3 Å². The van der Waals surface area contributed by atoms with E-state index in [4.69, 9.17) is 0 Å². The van der Waals surface area contributed by atoms with Gasteiger partial charge < -0.3 is 5.32 Å². The van der Waals surface area contributed by atoms with Crippen molar-refractivity contribution in [3.05, 3.63) is 35.9 Å². The summed E-state index contributed by atoms with van der Waals surface area (Å²) < 4.78 is 0. The van der Waals surface area contributed by atoms with E-state index in [2.05, 4.69) is 11.4 Å². The zero-order valence-electron chi connectivity index (χ0n) is 6.71. The van der Waals surface area contributed by atoms with E-state index in [1.165, 1.54) is 0 Å². The van der Waals surface area contributed by atoms with Crippen LogP contribution in [0.5, 0.6) is 0 Å². The number of carbonyl (C=O) groups is 1. The first-order valence-electron chi connectivity index (χ1n) is 4.12. The van der Waals surface area contributed by atoms with Crippen LogP contribution < -0.4 is 5.32 Å². The Morgan fingerprint density at radius 1 is 1.50 bits per heavy atom. The Balaban J connectivity index is 2.16. The zero-order chi connectivity index (χ0) is 8.39. The minimum Gasteiger partial charge on any atom is -0.349 e. The quantitative estimate of drug-likeness (QED) is 0.661. The lowest BCUT2D eigenvalue weighted by Crippen LogP contribution is -2.18. The highest BCUT2D eigenvalue weighted by Gasteiger charge is 2.21. The first-order valence-corrected chi connectivity index (χ1v) is 4.12. The smallest absolute Gasteiger partial charge is 0.220 e. The van der Waals surface area contributed by atoms with Gasteiger partial charge in [-0.2, -0.15) is 0 Å². The fourth-order valence-corrected chi connectivity index (χ4v) is 1.47. The van der Waals surface area contributed by atoms with E-state index >= 15 is 0 Å². The van der Waals surface area contributed by atoms with Gasteiger partial charge in [0.2, 0.25) is 5.91 Å². The largest absolute Gasteiger partial charge is 0.349 e. The molecule has 1 N–H and O–H groups in total. The first-order chi connectivity index (χ1) is 5.86. The van der Waals surface area contributed by atoms with Crippen LogP contribution in [0.1, 0.15) is 24.4 Å². The third-order valence-electron chi connectivity index (χ3n) is 2.10. The molecule has 0 spiro atoms. The Morgan fingerprint density at radius 2 is 2.42 bits per heavy atom. The minimum atomic E-state index is 0.150. The third kappa shape index (κ3) is 1.33. The average Bonchev–Trinajstić information content (AvgIpc) is 2.54. The Bertz CT molecular complexity index is 281.